The standard InChI is InChI=1S/C68H46N2/c1-5-21-47(22-6-1)67(48-23-7-2-8-24-48)62-34-18-14-30-56(62)60-45-53(42-44-63(60)67)69(51-37-39-52(40-38-51)70-65-35-19-15-31-58(65)59-32-16-20-36-66(59)70)54-41-43-57-55-29-13-17-33-61(55)68(64(57)46-54,49-25-9-3-10-26-49)50-27-11-4-12-28-50/h1-46H. The van der Waals surface area contributed by atoms with E-state index in [-0.39, 0.29) is 0 Å². The molecule has 0 amide bonds. The fraction of sp³-hybridized carbons (Fsp3) is 0.0294. The van der Waals surface area contributed by atoms with Crippen LogP contribution in [-0.4, -0.2) is 4.57 Å². The van der Waals surface area contributed by atoms with Gasteiger partial charge in [0, 0.05) is 33.5 Å². The van der Waals surface area contributed by atoms with E-state index in [1.807, 2.05) is 0 Å². The number of hydrogen-bond acceptors (Lipinski definition) is 1. The zero-order chi connectivity index (χ0) is 46.2. The number of para-hydroxylation sites is 2. The van der Waals surface area contributed by atoms with Crippen LogP contribution in [0.25, 0.3) is 49.7 Å². The average Bonchev–Trinajstić information content (AvgIpc) is 4.05. The van der Waals surface area contributed by atoms with E-state index < -0.39 is 10.8 Å². The van der Waals surface area contributed by atoms with Gasteiger partial charge in [-0.1, -0.05) is 218 Å². The van der Waals surface area contributed by atoms with E-state index in [9.17, 15) is 0 Å². The molecular weight excluding hydrogens is 845 g/mol. The highest BCUT2D eigenvalue weighted by atomic mass is 15.1. The molecule has 2 nitrogen and oxygen atoms in total. The third-order valence-electron chi connectivity index (χ3n) is 15.3. The van der Waals surface area contributed by atoms with Crippen molar-refractivity contribution in [3.63, 3.8) is 0 Å². The van der Waals surface area contributed by atoms with E-state index in [0.717, 1.165) is 22.7 Å². The fourth-order valence-corrected chi connectivity index (χ4v) is 12.5. The highest BCUT2D eigenvalue weighted by molar-refractivity contribution is 6.09. The zero-order valence-electron chi connectivity index (χ0n) is 38.5. The number of hydrogen-bond donors (Lipinski definition) is 0. The summed E-state index contributed by atoms with van der Waals surface area (Å²) in [6.07, 6.45) is 0. The molecule has 0 radical (unpaired) electrons. The molecule has 11 aromatic carbocycles. The van der Waals surface area contributed by atoms with Crippen molar-refractivity contribution in [2.75, 3.05) is 4.90 Å². The molecule has 328 valence electrons. The van der Waals surface area contributed by atoms with Crippen molar-refractivity contribution in [2.24, 2.45) is 0 Å². The Hall–Kier alpha value is -8.98. The van der Waals surface area contributed by atoms with Crippen LogP contribution in [0.1, 0.15) is 44.5 Å². The molecule has 0 N–H and O–H groups in total. The van der Waals surface area contributed by atoms with Gasteiger partial charge in [-0.15, -0.1) is 0 Å². The molecule has 1 aromatic heterocycles. The first kappa shape index (κ1) is 40.1. The van der Waals surface area contributed by atoms with Gasteiger partial charge in [0.2, 0.25) is 0 Å². The van der Waals surface area contributed by atoms with Crippen molar-refractivity contribution in [2.45, 2.75) is 10.8 Å². The van der Waals surface area contributed by atoms with Crippen LogP contribution in [0.5, 0.6) is 0 Å². The Balaban J connectivity index is 1.02. The minimum absolute atomic E-state index is 0.494. The summed E-state index contributed by atoms with van der Waals surface area (Å²) in [6, 6.07) is 104. The number of nitrogens with zero attached hydrogens (tertiary/aromatic N) is 2. The second-order valence-corrected chi connectivity index (χ2v) is 18.7. The van der Waals surface area contributed by atoms with Crippen molar-refractivity contribution >= 4 is 38.9 Å². The van der Waals surface area contributed by atoms with Crippen molar-refractivity contribution < 1.29 is 0 Å². The van der Waals surface area contributed by atoms with E-state index >= 15 is 0 Å². The first-order chi connectivity index (χ1) is 34.7. The number of fused-ring (bicyclic) bond motifs is 9. The summed E-state index contributed by atoms with van der Waals surface area (Å²) in [7, 11) is 0. The minimum atomic E-state index is -0.543. The molecular formula is C68H46N2. The highest BCUT2D eigenvalue weighted by Crippen LogP contribution is 2.59. The average molecular weight is 891 g/mol. The smallest absolute Gasteiger partial charge is 0.0714 e. The molecule has 12 aromatic rings. The molecule has 0 fully saturated rings. The fourth-order valence-electron chi connectivity index (χ4n) is 12.5. The Morgan fingerprint density at radius 3 is 1.16 bits per heavy atom. The van der Waals surface area contributed by atoms with Crippen LogP contribution in [0.2, 0.25) is 0 Å². The van der Waals surface area contributed by atoms with Gasteiger partial charge in [0.1, 0.15) is 0 Å². The molecule has 0 atom stereocenters. The quantitative estimate of drug-likeness (QED) is 0.148. The van der Waals surface area contributed by atoms with Crippen LogP contribution in [0.4, 0.5) is 17.1 Å². The van der Waals surface area contributed by atoms with E-state index in [1.54, 1.807) is 0 Å². The maximum atomic E-state index is 2.48. The molecule has 2 aliphatic rings. The van der Waals surface area contributed by atoms with E-state index in [4.69, 9.17) is 0 Å². The van der Waals surface area contributed by atoms with Crippen molar-refractivity contribution in [3.8, 4) is 27.9 Å². The lowest BCUT2D eigenvalue weighted by Crippen LogP contribution is -2.29. The van der Waals surface area contributed by atoms with E-state index in [0.29, 0.717) is 0 Å². The SMILES string of the molecule is c1ccc(C2(c3ccccc3)c3ccccc3-c3cc(N(c4ccc(-n5c6ccccc6c6ccccc65)cc4)c4ccc5c(c4)C(c4ccccc4)(c4ccccc4)c4ccccc4-5)ccc32)cc1. The van der Waals surface area contributed by atoms with Gasteiger partial charge in [-0.25, -0.2) is 0 Å². The highest BCUT2D eigenvalue weighted by Gasteiger charge is 2.48. The first-order valence-electron chi connectivity index (χ1n) is 24.3. The van der Waals surface area contributed by atoms with Crippen molar-refractivity contribution in [3.05, 3.63) is 324 Å². The molecule has 0 unspecified atom stereocenters. The minimum Gasteiger partial charge on any atom is -0.310 e. The summed E-state index contributed by atoms with van der Waals surface area (Å²) in [5.74, 6) is 0. The molecule has 0 saturated heterocycles. The number of rotatable bonds is 8. The monoisotopic (exact) mass is 890 g/mol. The molecule has 2 aliphatic carbocycles. The van der Waals surface area contributed by atoms with Gasteiger partial charge in [-0.3, -0.25) is 0 Å². The van der Waals surface area contributed by atoms with Gasteiger partial charge in [-0.2, -0.15) is 0 Å². The molecule has 14 rings (SSSR count). The molecule has 1 heterocycles. The summed E-state index contributed by atoms with van der Waals surface area (Å²) in [6.45, 7) is 0. The molecule has 0 spiro atoms. The third-order valence-corrected chi connectivity index (χ3v) is 15.3. The number of anilines is 3. The van der Waals surface area contributed by atoms with Crippen LogP contribution in [0.15, 0.2) is 279 Å². The van der Waals surface area contributed by atoms with Crippen LogP contribution in [0, 0.1) is 0 Å². The van der Waals surface area contributed by atoms with Crippen LogP contribution in [0.3, 0.4) is 0 Å². The van der Waals surface area contributed by atoms with Gasteiger partial charge in [-0.05, 0) is 127 Å². The summed E-state index contributed by atoms with van der Waals surface area (Å²) in [4.78, 5) is 2.48. The lowest BCUT2D eigenvalue weighted by Gasteiger charge is -2.35. The molecule has 2 heteroatoms. The predicted octanol–water partition coefficient (Wildman–Crippen LogP) is 17.0. The van der Waals surface area contributed by atoms with E-state index in [1.165, 1.54) is 88.6 Å². The molecule has 0 bridgehead atoms. The summed E-state index contributed by atoms with van der Waals surface area (Å²) in [5.41, 5.74) is 20.9. The Morgan fingerprint density at radius 2 is 0.629 bits per heavy atom. The summed E-state index contributed by atoms with van der Waals surface area (Å²) < 4.78 is 2.40. The van der Waals surface area contributed by atoms with Gasteiger partial charge in [0.15, 0.2) is 0 Å². The maximum absolute atomic E-state index is 2.48. The summed E-state index contributed by atoms with van der Waals surface area (Å²) in [5, 5.41) is 2.51. The molecule has 70 heavy (non-hydrogen) atoms. The largest absolute Gasteiger partial charge is 0.310 e. The van der Waals surface area contributed by atoms with Crippen LogP contribution in [-0.2, 0) is 10.8 Å². The summed E-state index contributed by atoms with van der Waals surface area (Å²) >= 11 is 0. The van der Waals surface area contributed by atoms with Gasteiger partial charge in [0.05, 0.1) is 21.9 Å². The Bertz CT molecular complexity index is 3800. The molecule has 0 aliphatic heterocycles. The predicted molar refractivity (Wildman–Crippen MR) is 290 cm³/mol. The second kappa shape index (κ2) is 15.8. The Labute approximate surface area is 408 Å². The van der Waals surface area contributed by atoms with Gasteiger partial charge >= 0.3 is 0 Å². The van der Waals surface area contributed by atoms with Crippen molar-refractivity contribution in [1.82, 2.24) is 4.57 Å². The normalized spacial score (nSPS) is 13.7. The molecule has 0 saturated carbocycles. The van der Waals surface area contributed by atoms with E-state index in [2.05, 4.69) is 289 Å². The lowest BCUT2D eigenvalue weighted by atomic mass is 9.67. The first-order valence-corrected chi connectivity index (χ1v) is 24.3. The van der Waals surface area contributed by atoms with Gasteiger partial charge in [0.25, 0.3) is 0 Å². The second-order valence-electron chi connectivity index (χ2n) is 18.7. The maximum Gasteiger partial charge on any atom is 0.0714 e. The Kier molecular flexibility index (Phi) is 9.06. The Morgan fingerprint density at radius 1 is 0.257 bits per heavy atom. The zero-order valence-corrected chi connectivity index (χ0v) is 38.5. The number of aromatic nitrogens is 1. The van der Waals surface area contributed by atoms with Crippen LogP contribution >= 0.6 is 0 Å². The topological polar surface area (TPSA) is 8.17 Å². The van der Waals surface area contributed by atoms with Gasteiger partial charge < -0.3 is 9.47 Å². The number of benzene rings is 11. The van der Waals surface area contributed by atoms with Crippen LogP contribution < -0.4 is 4.90 Å². The van der Waals surface area contributed by atoms with Crippen molar-refractivity contribution in [1.29, 1.82) is 0 Å². The third kappa shape index (κ3) is 5.68. The lowest BCUT2D eigenvalue weighted by molar-refractivity contribution is 0.768.